The number of allylic oxidation sites excluding steroid dienone is 1. The number of benzene rings is 1. The summed E-state index contributed by atoms with van der Waals surface area (Å²) < 4.78 is 6.52. The number of carbonyl (C=O) groups is 2. The van der Waals surface area contributed by atoms with Gasteiger partial charge in [-0.15, -0.1) is 4.99 Å². The maximum atomic E-state index is 12.8. The molecule has 0 radical (unpaired) electrons. The van der Waals surface area contributed by atoms with E-state index >= 15 is 0 Å². The molecule has 2 aliphatic rings. The molecule has 0 fully saturated rings. The minimum atomic E-state index is -0.809. The number of aliphatic imine (C=N–C) groups is 1. The van der Waals surface area contributed by atoms with Crippen molar-refractivity contribution in [3.8, 4) is 0 Å². The second kappa shape index (κ2) is 6.27. The second-order valence-electron chi connectivity index (χ2n) is 5.54. The number of methoxy groups -OCH3 is 1. The van der Waals surface area contributed by atoms with Crippen molar-refractivity contribution < 1.29 is 23.8 Å². The van der Waals surface area contributed by atoms with Crippen molar-refractivity contribution in [2.24, 2.45) is 10.9 Å². The van der Waals surface area contributed by atoms with E-state index in [4.69, 9.17) is 4.74 Å². The number of dihydropyridines is 1. The highest BCUT2D eigenvalue weighted by atomic mass is 16.6. The summed E-state index contributed by atoms with van der Waals surface area (Å²) in [6, 6.07) is 5.28. The predicted octanol–water partition coefficient (Wildman–Crippen LogP) is 1.33. The van der Waals surface area contributed by atoms with Gasteiger partial charge in [0.25, 0.3) is 11.5 Å². The number of imide groups is 1. The van der Waals surface area contributed by atoms with Crippen molar-refractivity contribution in [2.75, 3.05) is 14.2 Å². The lowest BCUT2D eigenvalue weighted by atomic mass is 9.99. The average Bonchev–Trinajstić information content (AvgIpc) is 2.62. The summed E-state index contributed by atoms with van der Waals surface area (Å²) in [7, 11) is 2.96. The number of fused-ring (bicyclic) bond motifs is 1. The number of nitrogens with zero attached hydrogens (tertiary/aromatic N) is 4. The van der Waals surface area contributed by atoms with Gasteiger partial charge >= 0.3 is 11.9 Å². The number of amides is 3. The van der Waals surface area contributed by atoms with Crippen LogP contribution in [-0.4, -0.2) is 52.5 Å². The molecule has 1 aromatic carbocycles. The summed E-state index contributed by atoms with van der Waals surface area (Å²) in [6.45, 7) is -0.0752. The number of nitro benzene ring substituents is 1. The Kier molecular flexibility index (Phi) is 4.14. The van der Waals surface area contributed by atoms with E-state index in [0.717, 1.165) is 4.90 Å². The maximum Gasteiger partial charge on any atom is 0.445 e. The molecule has 0 saturated heterocycles. The van der Waals surface area contributed by atoms with Crippen molar-refractivity contribution in [3.63, 3.8) is 0 Å². The molecule has 1 unspecified atom stereocenters. The molecule has 1 aromatic rings. The summed E-state index contributed by atoms with van der Waals surface area (Å²) in [5, 5.41) is 10.9. The lowest BCUT2D eigenvalue weighted by Gasteiger charge is -2.27. The van der Waals surface area contributed by atoms with Crippen LogP contribution >= 0.6 is 0 Å². The number of ether oxygens (including phenoxy) is 1. The molecular formula is C16H15N4O5+. The smallest absolute Gasteiger partial charge is 0.445 e. The summed E-state index contributed by atoms with van der Waals surface area (Å²) in [5.74, 6) is -0.603. The largest absolute Gasteiger partial charge is 0.499 e. The number of urea groups is 1. The van der Waals surface area contributed by atoms with Gasteiger partial charge < -0.3 is 4.74 Å². The number of amidine groups is 1. The van der Waals surface area contributed by atoms with Gasteiger partial charge in [0, 0.05) is 18.2 Å². The zero-order valence-electron chi connectivity index (χ0n) is 13.6. The maximum absolute atomic E-state index is 12.8. The van der Waals surface area contributed by atoms with Gasteiger partial charge in [-0.05, 0) is 5.56 Å². The standard InChI is InChI=1S/C16H15N4O5/c1-18-14-13(12(25-2)6-7-17-14)15(21)19(16(18)22)9-10-4-3-5-11(8-10)20(23)24/h3-8,13H,9H2,1-2H3/q+1. The van der Waals surface area contributed by atoms with Crippen LogP contribution in [0.25, 0.3) is 0 Å². The highest BCUT2D eigenvalue weighted by molar-refractivity contribution is 6.15. The Bertz CT molecular complexity index is 871. The molecule has 2 aliphatic heterocycles. The number of hydrogen-bond acceptors (Lipinski definition) is 6. The van der Waals surface area contributed by atoms with Gasteiger partial charge in [-0.3, -0.25) is 14.9 Å². The minimum Gasteiger partial charge on any atom is -0.499 e. The van der Waals surface area contributed by atoms with Crippen molar-refractivity contribution in [1.29, 1.82) is 0 Å². The third kappa shape index (κ3) is 2.80. The fourth-order valence-electron chi connectivity index (χ4n) is 2.81. The third-order valence-corrected chi connectivity index (χ3v) is 4.06. The lowest BCUT2D eigenvalue weighted by molar-refractivity contribution is -0.409. The Morgan fingerprint density at radius 2 is 2.16 bits per heavy atom. The SMILES string of the molecule is COC1=CC=NC2=[N+](C)C(=O)N(Cc3cccc([N+](=O)[O-])c3)C(=O)C12. The molecule has 0 bridgehead atoms. The van der Waals surface area contributed by atoms with Gasteiger partial charge in [-0.1, -0.05) is 12.1 Å². The molecule has 2 heterocycles. The monoisotopic (exact) mass is 343 g/mol. The number of nitro groups is 1. The Morgan fingerprint density at radius 3 is 2.84 bits per heavy atom. The first-order valence-corrected chi connectivity index (χ1v) is 7.41. The van der Waals surface area contributed by atoms with Crippen LogP contribution in [-0.2, 0) is 16.1 Å². The van der Waals surface area contributed by atoms with E-state index in [2.05, 4.69) is 4.99 Å². The van der Waals surface area contributed by atoms with Crippen LogP contribution in [0.1, 0.15) is 5.56 Å². The van der Waals surface area contributed by atoms with Gasteiger partial charge in [-0.2, -0.15) is 9.48 Å². The predicted molar refractivity (Wildman–Crippen MR) is 87.3 cm³/mol. The second-order valence-corrected chi connectivity index (χ2v) is 5.54. The van der Waals surface area contributed by atoms with E-state index in [9.17, 15) is 19.7 Å². The Hall–Kier alpha value is -3.36. The normalized spacial score (nSPS) is 19.7. The summed E-state index contributed by atoms with van der Waals surface area (Å²) in [4.78, 5) is 40.9. The van der Waals surface area contributed by atoms with Gasteiger partial charge in [0.2, 0.25) is 0 Å². The number of non-ortho nitro benzene ring substituents is 1. The van der Waals surface area contributed by atoms with E-state index < -0.39 is 22.8 Å². The Morgan fingerprint density at radius 1 is 1.40 bits per heavy atom. The molecule has 3 rings (SSSR count). The molecule has 0 aromatic heterocycles. The molecule has 0 saturated carbocycles. The molecule has 25 heavy (non-hydrogen) atoms. The molecule has 9 nitrogen and oxygen atoms in total. The van der Waals surface area contributed by atoms with Gasteiger partial charge in [0.05, 0.1) is 19.1 Å². The number of rotatable bonds is 4. The number of hydrogen-bond donors (Lipinski definition) is 0. The molecular weight excluding hydrogens is 328 g/mol. The van der Waals surface area contributed by atoms with E-state index in [1.165, 1.54) is 43.1 Å². The molecule has 0 spiro atoms. The van der Waals surface area contributed by atoms with E-state index in [1.54, 1.807) is 12.1 Å². The van der Waals surface area contributed by atoms with Crippen LogP contribution in [0.3, 0.4) is 0 Å². The minimum absolute atomic E-state index is 0.0752. The fourth-order valence-corrected chi connectivity index (χ4v) is 2.81. The van der Waals surface area contributed by atoms with Crippen molar-refractivity contribution in [3.05, 3.63) is 51.8 Å². The quantitative estimate of drug-likeness (QED) is 0.466. The van der Waals surface area contributed by atoms with Gasteiger partial charge in [0.1, 0.15) is 18.5 Å². The summed E-state index contributed by atoms with van der Waals surface area (Å²) >= 11 is 0. The average molecular weight is 343 g/mol. The Labute approximate surface area is 142 Å². The van der Waals surface area contributed by atoms with E-state index in [0.29, 0.717) is 17.2 Å². The lowest BCUT2D eigenvalue weighted by Crippen LogP contribution is -2.54. The molecule has 9 heteroatoms. The summed E-state index contributed by atoms with van der Waals surface area (Å²) in [6.07, 6.45) is 3.04. The first-order chi connectivity index (χ1) is 11.9. The third-order valence-electron chi connectivity index (χ3n) is 4.06. The molecule has 1 atom stereocenters. The first-order valence-electron chi connectivity index (χ1n) is 7.41. The van der Waals surface area contributed by atoms with Crippen LogP contribution in [0.2, 0.25) is 0 Å². The van der Waals surface area contributed by atoms with Crippen LogP contribution in [0.5, 0.6) is 0 Å². The van der Waals surface area contributed by atoms with Crippen molar-refractivity contribution in [2.45, 2.75) is 6.54 Å². The zero-order valence-corrected chi connectivity index (χ0v) is 13.6. The van der Waals surface area contributed by atoms with Crippen LogP contribution in [0.4, 0.5) is 10.5 Å². The van der Waals surface area contributed by atoms with Gasteiger partial charge in [-0.25, -0.2) is 4.79 Å². The van der Waals surface area contributed by atoms with Crippen LogP contribution in [0, 0.1) is 16.0 Å². The van der Waals surface area contributed by atoms with Crippen LogP contribution in [0.15, 0.2) is 41.1 Å². The molecule has 128 valence electrons. The van der Waals surface area contributed by atoms with Crippen LogP contribution < -0.4 is 0 Å². The van der Waals surface area contributed by atoms with Crippen molar-refractivity contribution >= 4 is 29.7 Å². The number of carbonyl (C=O) groups excluding carboxylic acids is 2. The highest BCUT2D eigenvalue weighted by Crippen LogP contribution is 2.26. The molecule has 0 N–H and O–H groups in total. The zero-order chi connectivity index (χ0) is 18.1. The summed E-state index contributed by atoms with van der Waals surface area (Å²) in [5.41, 5.74) is 0.379. The van der Waals surface area contributed by atoms with Gasteiger partial charge in [0.15, 0.2) is 5.92 Å². The Balaban J connectivity index is 1.97. The van der Waals surface area contributed by atoms with E-state index in [-0.39, 0.29) is 12.2 Å². The topological polar surface area (TPSA) is 105 Å². The van der Waals surface area contributed by atoms with Crippen molar-refractivity contribution in [1.82, 2.24) is 4.90 Å². The fraction of sp³-hybridized carbons (Fsp3) is 0.250. The van der Waals surface area contributed by atoms with E-state index in [1.807, 2.05) is 0 Å². The highest BCUT2D eigenvalue weighted by Gasteiger charge is 2.49. The molecule has 3 amide bonds. The molecule has 0 aliphatic carbocycles. The first kappa shape index (κ1) is 16.5.